The smallest absolute Gasteiger partial charge is 0.183 e. The zero-order chi connectivity index (χ0) is 9.42. The molecular weight excluding hydrogens is 168 g/mol. The van der Waals surface area contributed by atoms with Gasteiger partial charge in [-0.2, -0.15) is 0 Å². The molecule has 0 amide bonds. The van der Waals surface area contributed by atoms with E-state index in [9.17, 15) is 9.90 Å². The predicted octanol–water partition coefficient (Wildman–Crippen LogP) is 0.670. The molecule has 3 heteroatoms. The average molecular weight is 182 g/mol. The Kier molecular flexibility index (Phi) is 2.22. The van der Waals surface area contributed by atoms with E-state index in [0.717, 1.165) is 19.3 Å². The van der Waals surface area contributed by atoms with Gasteiger partial charge in [0, 0.05) is 5.92 Å². The van der Waals surface area contributed by atoms with Gasteiger partial charge >= 0.3 is 0 Å². The molecule has 2 fully saturated rings. The van der Waals surface area contributed by atoms with Gasteiger partial charge in [-0.25, -0.2) is 0 Å². The van der Waals surface area contributed by atoms with Crippen LogP contribution in [-0.4, -0.2) is 29.2 Å². The summed E-state index contributed by atoms with van der Waals surface area (Å²) in [5, 5.41) is 9.64. The van der Waals surface area contributed by atoms with Gasteiger partial charge in [-0.05, 0) is 18.9 Å². The lowest BCUT2D eigenvalue weighted by molar-refractivity contribution is -0.125. The Morgan fingerprint density at radius 3 is 3.08 bits per heavy atom. The molecule has 0 bridgehead atoms. The minimum atomic E-state index is -0.896. The molecule has 2 aliphatic rings. The third-order valence-corrected chi connectivity index (χ3v) is 2.97. The molecule has 1 N–H and O–H groups in total. The van der Waals surface area contributed by atoms with Gasteiger partial charge in [-0.1, -0.05) is 13.0 Å². The van der Waals surface area contributed by atoms with Gasteiger partial charge in [0.15, 0.2) is 5.78 Å². The Hall–Kier alpha value is -0.670. The number of epoxide rings is 1. The van der Waals surface area contributed by atoms with Crippen molar-refractivity contribution in [3.8, 4) is 0 Å². The molecule has 4 atom stereocenters. The summed E-state index contributed by atoms with van der Waals surface area (Å²) < 4.78 is 5.36. The first kappa shape index (κ1) is 8.91. The van der Waals surface area contributed by atoms with Crippen molar-refractivity contribution in [1.82, 2.24) is 0 Å². The van der Waals surface area contributed by atoms with Crippen molar-refractivity contribution in [2.24, 2.45) is 5.92 Å². The van der Waals surface area contributed by atoms with E-state index >= 15 is 0 Å². The fourth-order valence-corrected chi connectivity index (χ4v) is 2.15. The molecule has 3 nitrogen and oxygen atoms in total. The molecule has 72 valence electrons. The summed E-state index contributed by atoms with van der Waals surface area (Å²) in [4.78, 5) is 11.2. The summed E-state index contributed by atoms with van der Waals surface area (Å²) in [6, 6.07) is 0. The third kappa shape index (κ3) is 1.54. The van der Waals surface area contributed by atoms with Crippen LogP contribution in [-0.2, 0) is 9.53 Å². The van der Waals surface area contributed by atoms with Gasteiger partial charge in [0.2, 0.25) is 0 Å². The zero-order valence-corrected chi connectivity index (χ0v) is 7.48. The maximum absolute atomic E-state index is 11.2. The molecule has 1 aliphatic heterocycles. The maximum Gasteiger partial charge on any atom is 0.183 e. The predicted molar refractivity (Wildman–Crippen MR) is 47.2 cm³/mol. The highest BCUT2D eigenvalue weighted by atomic mass is 16.6. The monoisotopic (exact) mass is 182 g/mol. The quantitative estimate of drug-likeness (QED) is 0.515. The highest BCUT2D eigenvalue weighted by Gasteiger charge is 2.50. The highest BCUT2D eigenvalue weighted by Crippen LogP contribution is 2.42. The van der Waals surface area contributed by atoms with Gasteiger partial charge in [0.1, 0.15) is 6.10 Å². The Labute approximate surface area is 77.4 Å². The molecule has 0 aromatic heterocycles. The van der Waals surface area contributed by atoms with Crippen molar-refractivity contribution < 1.29 is 14.6 Å². The minimum Gasteiger partial charge on any atom is -0.385 e. The highest BCUT2D eigenvalue weighted by molar-refractivity contribution is 5.93. The first-order chi connectivity index (χ1) is 6.24. The van der Waals surface area contributed by atoms with Crippen LogP contribution in [0.5, 0.6) is 0 Å². The Balaban J connectivity index is 1.99. The number of rotatable bonds is 3. The third-order valence-electron chi connectivity index (χ3n) is 2.97. The van der Waals surface area contributed by atoms with Crippen molar-refractivity contribution in [3.63, 3.8) is 0 Å². The number of ether oxygens (including phenoxy) is 1. The summed E-state index contributed by atoms with van der Waals surface area (Å²) in [5.41, 5.74) is 0. The van der Waals surface area contributed by atoms with Crippen LogP contribution in [0.3, 0.4) is 0 Å². The Morgan fingerprint density at radius 2 is 2.38 bits per heavy atom. The number of hydrogen-bond acceptors (Lipinski definition) is 3. The van der Waals surface area contributed by atoms with Crippen LogP contribution in [0.15, 0.2) is 12.7 Å². The largest absolute Gasteiger partial charge is 0.385 e. The zero-order valence-electron chi connectivity index (χ0n) is 7.48. The standard InChI is InChI=1S/C10H14O3/c1-2-7(11)9(12)6-4-3-5-8-10(6)13-8/h2,6,8-10,12H,1,3-5H2. The average Bonchev–Trinajstić information content (AvgIpc) is 2.93. The van der Waals surface area contributed by atoms with Crippen LogP contribution in [0.4, 0.5) is 0 Å². The minimum absolute atomic E-state index is 0.00394. The molecule has 0 radical (unpaired) electrons. The van der Waals surface area contributed by atoms with E-state index in [-0.39, 0.29) is 17.8 Å². The topological polar surface area (TPSA) is 49.8 Å². The van der Waals surface area contributed by atoms with Crippen LogP contribution in [0.2, 0.25) is 0 Å². The number of ketones is 1. The summed E-state index contributed by atoms with van der Waals surface area (Å²) in [6.45, 7) is 3.36. The van der Waals surface area contributed by atoms with E-state index in [1.54, 1.807) is 0 Å². The van der Waals surface area contributed by atoms with Gasteiger partial charge < -0.3 is 9.84 Å². The fourth-order valence-electron chi connectivity index (χ4n) is 2.15. The maximum atomic E-state index is 11.2. The molecular formula is C10H14O3. The van der Waals surface area contributed by atoms with Crippen molar-refractivity contribution in [2.45, 2.75) is 37.6 Å². The number of aliphatic hydroxyl groups is 1. The fraction of sp³-hybridized carbons (Fsp3) is 0.700. The van der Waals surface area contributed by atoms with E-state index < -0.39 is 6.10 Å². The summed E-state index contributed by atoms with van der Waals surface area (Å²) in [6.07, 6.45) is 3.76. The van der Waals surface area contributed by atoms with Crippen molar-refractivity contribution in [1.29, 1.82) is 0 Å². The molecule has 2 rings (SSSR count). The normalized spacial score (nSPS) is 39.0. The van der Waals surface area contributed by atoms with Gasteiger partial charge in [0.25, 0.3) is 0 Å². The van der Waals surface area contributed by atoms with Gasteiger partial charge in [0.05, 0.1) is 12.2 Å². The first-order valence-electron chi connectivity index (χ1n) is 4.74. The Bertz CT molecular complexity index is 236. The lowest BCUT2D eigenvalue weighted by Gasteiger charge is -2.21. The van der Waals surface area contributed by atoms with Crippen LogP contribution in [0.25, 0.3) is 0 Å². The van der Waals surface area contributed by atoms with Gasteiger partial charge in [-0.3, -0.25) is 4.79 Å². The van der Waals surface area contributed by atoms with Crippen LogP contribution in [0.1, 0.15) is 19.3 Å². The lowest BCUT2D eigenvalue weighted by atomic mass is 9.84. The van der Waals surface area contributed by atoms with E-state index in [1.165, 1.54) is 6.08 Å². The number of aliphatic hydroxyl groups excluding tert-OH is 1. The Morgan fingerprint density at radius 1 is 1.62 bits per heavy atom. The number of carbonyl (C=O) groups excluding carboxylic acids is 1. The second-order valence-corrected chi connectivity index (χ2v) is 3.79. The molecule has 1 heterocycles. The van der Waals surface area contributed by atoms with E-state index in [1.807, 2.05) is 0 Å². The van der Waals surface area contributed by atoms with E-state index in [2.05, 4.69) is 6.58 Å². The summed E-state index contributed by atoms with van der Waals surface area (Å²) >= 11 is 0. The van der Waals surface area contributed by atoms with Crippen LogP contribution >= 0.6 is 0 Å². The van der Waals surface area contributed by atoms with Gasteiger partial charge in [-0.15, -0.1) is 0 Å². The molecule has 0 aromatic rings. The van der Waals surface area contributed by atoms with E-state index in [4.69, 9.17) is 4.74 Å². The molecule has 4 unspecified atom stereocenters. The first-order valence-corrected chi connectivity index (χ1v) is 4.74. The number of carbonyl (C=O) groups is 1. The second-order valence-electron chi connectivity index (χ2n) is 3.79. The second kappa shape index (κ2) is 3.24. The number of fused-ring (bicyclic) bond motifs is 1. The molecule has 1 aliphatic carbocycles. The van der Waals surface area contributed by atoms with Crippen molar-refractivity contribution >= 4 is 5.78 Å². The summed E-state index contributed by atoms with van der Waals surface area (Å²) in [5.74, 6) is -0.273. The SMILES string of the molecule is C=CC(=O)C(O)C1CCCC2OC21. The van der Waals surface area contributed by atoms with Crippen LogP contribution in [0, 0.1) is 5.92 Å². The lowest BCUT2D eigenvalue weighted by Crippen LogP contribution is -2.34. The molecule has 1 saturated heterocycles. The van der Waals surface area contributed by atoms with Crippen LogP contribution < -0.4 is 0 Å². The molecule has 1 saturated carbocycles. The summed E-state index contributed by atoms with van der Waals surface area (Å²) in [7, 11) is 0. The molecule has 13 heavy (non-hydrogen) atoms. The van der Waals surface area contributed by atoms with Crippen molar-refractivity contribution in [2.75, 3.05) is 0 Å². The number of hydrogen-bond donors (Lipinski definition) is 1. The molecule has 0 spiro atoms. The van der Waals surface area contributed by atoms with Crippen molar-refractivity contribution in [3.05, 3.63) is 12.7 Å². The van der Waals surface area contributed by atoms with E-state index in [0.29, 0.717) is 6.10 Å². The molecule has 0 aromatic carbocycles.